The third-order valence-corrected chi connectivity index (χ3v) is 11.3. The second kappa shape index (κ2) is 8.84. The standard InChI is InChI=1S/C29H48O3/c1-7-21(17(2)3)27(32)26(31)18(4)23-10-11-24-22-9-8-19-16-20(30)12-14-28(19,5)25(22)13-15-29(23,24)6/h16-18,21-27,31-32H,7-15H2,1-6H3/t18-,21-,22-,23+,24-,25-,26?,27?,28-,29+/m0/s1. The number of fused-ring (bicyclic) bond motifs is 5. The first-order chi connectivity index (χ1) is 15.0. The van der Waals surface area contributed by atoms with Gasteiger partial charge in [0.2, 0.25) is 0 Å². The van der Waals surface area contributed by atoms with Crippen molar-refractivity contribution in [3.8, 4) is 0 Å². The maximum Gasteiger partial charge on any atom is 0.155 e. The van der Waals surface area contributed by atoms with Crippen molar-refractivity contribution < 1.29 is 15.0 Å². The average Bonchev–Trinajstić information content (AvgIpc) is 3.10. The summed E-state index contributed by atoms with van der Waals surface area (Å²) >= 11 is 0. The molecule has 0 heterocycles. The quantitative estimate of drug-likeness (QED) is 0.515. The molecule has 2 unspecified atom stereocenters. The highest BCUT2D eigenvalue weighted by molar-refractivity contribution is 5.91. The fraction of sp³-hybridized carbons (Fsp3) is 0.897. The van der Waals surface area contributed by atoms with Crippen molar-refractivity contribution in [3.05, 3.63) is 11.6 Å². The van der Waals surface area contributed by atoms with E-state index in [1.807, 2.05) is 6.08 Å². The van der Waals surface area contributed by atoms with Crippen molar-refractivity contribution in [3.63, 3.8) is 0 Å². The molecule has 0 spiro atoms. The molecule has 4 aliphatic rings. The molecule has 0 aromatic heterocycles. The van der Waals surface area contributed by atoms with Gasteiger partial charge in [0.1, 0.15) is 0 Å². The zero-order valence-corrected chi connectivity index (χ0v) is 21.4. The number of ketones is 1. The lowest BCUT2D eigenvalue weighted by Crippen LogP contribution is -2.52. The number of hydrogen-bond donors (Lipinski definition) is 2. The molecule has 32 heavy (non-hydrogen) atoms. The lowest BCUT2D eigenvalue weighted by atomic mass is 9.46. The Morgan fingerprint density at radius 3 is 2.34 bits per heavy atom. The lowest BCUT2D eigenvalue weighted by molar-refractivity contribution is -0.118. The van der Waals surface area contributed by atoms with Gasteiger partial charge in [0.25, 0.3) is 0 Å². The van der Waals surface area contributed by atoms with Crippen molar-refractivity contribution in [2.45, 2.75) is 112 Å². The van der Waals surface area contributed by atoms with Crippen LogP contribution in [0.2, 0.25) is 0 Å². The number of allylic oxidation sites excluding steroid dienone is 1. The summed E-state index contributed by atoms with van der Waals surface area (Å²) in [5.41, 5.74) is 1.94. The molecule has 3 fully saturated rings. The second-order valence-corrected chi connectivity index (χ2v) is 12.9. The van der Waals surface area contributed by atoms with Gasteiger partial charge in [-0.25, -0.2) is 0 Å². The highest BCUT2D eigenvalue weighted by atomic mass is 16.3. The van der Waals surface area contributed by atoms with E-state index < -0.39 is 12.2 Å². The number of carbonyl (C=O) groups excluding carboxylic acids is 1. The van der Waals surface area contributed by atoms with Crippen molar-refractivity contribution in [1.82, 2.24) is 0 Å². The number of rotatable bonds is 6. The smallest absolute Gasteiger partial charge is 0.155 e. The van der Waals surface area contributed by atoms with Gasteiger partial charge in [0, 0.05) is 6.42 Å². The normalized spacial score (nSPS) is 43.0. The SMILES string of the molecule is CC[C@@H](C(C)C)C(O)C(O)[C@@H](C)[C@H]1CC[C@H]2[C@@H]3CCC4=CC(=O)CC[C@]4(C)[C@H]3CC[C@]12C. The van der Waals surface area contributed by atoms with Crippen molar-refractivity contribution in [1.29, 1.82) is 0 Å². The first-order valence-electron chi connectivity index (χ1n) is 13.6. The molecule has 0 aromatic carbocycles. The summed E-state index contributed by atoms with van der Waals surface area (Å²) in [6.07, 6.45) is 10.7. The van der Waals surface area contributed by atoms with Crippen molar-refractivity contribution in [2.24, 2.45) is 52.3 Å². The van der Waals surface area contributed by atoms with E-state index in [9.17, 15) is 15.0 Å². The molecule has 4 rings (SSSR count). The Morgan fingerprint density at radius 1 is 0.969 bits per heavy atom. The van der Waals surface area contributed by atoms with Crippen LogP contribution in [0.25, 0.3) is 0 Å². The van der Waals surface area contributed by atoms with Gasteiger partial charge in [-0.3, -0.25) is 4.79 Å². The van der Waals surface area contributed by atoms with E-state index in [0.717, 1.165) is 37.5 Å². The zero-order valence-electron chi connectivity index (χ0n) is 21.4. The molecule has 0 amide bonds. The molecular formula is C29H48O3. The van der Waals surface area contributed by atoms with E-state index in [4.69, 9.17) is 0 Å². The van der Waals surface area contributed by atoms with Crippen LogP contribution in [-0.4, -0.2) is 28.2 Å². The molecule has 2 N–H and O–H groups in total. The minimum absolute atomic E-state index is 0.131. The van der Waals surface area contributed by atoms with Gasteiger partial charge < -0.3 is 10.2 Å². The second-order valence-electron chi connectivity index (χ2n) is 12.9. The molecule has 0 radical (unpaired) electrons. The predicted molar refractivity (Wildman–Crippen MR) is 130 cm³/mol. The molecule has 0 bridgehead atoms. The first kappa shape index (κ1) is 24.5. The predicted octanol–water partition coefficient (Wildman–Crippen LogP) is 6.17. The largest absolute Gasteiger partial charge is 0.390 e. The third kappa shape index (κ3) is 3.74. The van der Waals surface area contributed by atoms with Gasteiger partial charge >= 0.3 is 0 Å². The van der Waals surface area contributed by atoms with Crippen molar-refractivity contribution in [2.75, 3.05) is 0 Å². The molecular weight excluding hydrogens is 396 g/mol. The first-order valence-corrected chi connectivity index (χ1v) is 13.6. The van der Waals surface area contributed by atoms with E-state index in [0.29, 0.717) is 23.5 Å². The van der Waals surface area contributed by atoms with Crippen LogP contribution in [0.4, 0.5) is 0 Å². The molecule has 0 saturated heterocycles. The van der Waals surface area contributed by atoms with E-state index in [1.165, 1.54) is 37.7 Å². The summed E-state index contributed by atoms with van der Waals surface area (Å²) in [4.78, 5) is 12.1. The van der Waals surface area contributed by atoms with Crippen LogP contribution in [0, 0.1) is 52.3 Å². The Kier molecular flexibility index (Phi) is 6.75. The molecule has 3 heteroatoms. The molecule has 3 nitrogen and oxygen atoms in total. The maximum atomic E-state index is 12.1. The Morgan fingerprint density at radius 2 is 1.69 bits per heavy atom. The topological polar surface area (TPSA) is 57.5 Å². The van der Waals surface area contributed by atoms with Crippen LogP contribution >= 0.6 is 0 Å². The molecule has 3 saturated carbocycles. The van der Waals surface area contributed by atoms with Crippen LogP contribution in [0.15, 0.2) is 11.6 Å². The monoisotopic (exact) mass is 444 g/mol. The summed E-state index contributed by atoms with van der Waals surface area (Å²) in [7, 11) is 0. The molecule has 182 valence electrons. The van der Waals surface area contributed by atoms with Crippen LogP contribution < -0.4 is 0 Å². The Bertz CT molecular complexity index is 741. The number of carbonyl (C=O) groups is 1. The van der Waals surface area contributed by atoms with E-state index in [2.05, 4.69) is 41.5 Å². The molecule has 0 aromatic rings. The van der Waals surface area contributed by atoms with Gasteiger partial charge in [-0.2, -0.15) is 0 Å². The van der Waals surface area contributed by atoms with Crippen molar-refractivity contribution >= 4 is 5.78 Å². The van der Waals surface area contributed by atoms with E-state index in [-0.39, 0.29) is 22.7 Å². The van der Waals surface area contributed by atoms with E-state index in [1.54, 1.807) is 0 Å². The minimum atomic E-state index is -0.636. The fourth-order valence-corrected chi connectivity index (χ4v) is 9.37. The highest BCUT2D eigenvalue weighted by Crippen LogP contribution is 2.67. The number of aliphatic hydroxyl groups is 2. The third-order valence-electron chi connectivity index (χ3n) is 11.3. The summed E-state index contributed by atoms with van der Waals surface area (Å²) in [6.45, 7) is 13.6. The Hall–Kier alpha value is -0.670. The zero-order chi connectivity index (χ0) is 23.4. The molecule has 0 aliphatic heterocycles. The average molecular weight is 445 g/mol. The van der Waals surface area contributed by atoms with Gasteiger partial charge in [-0.05, 0) is 103 Å². The summed E-state index contributed by atoms with van der Waals surface area (Å²) in [6, 6.07) is 0. The fourth-order valence-electron chi connectivity index (χ4n) is 9.37. The van der Waals surface area contributed by atoms with Gasteiger partial charge in [-0.1, -0.05) is 53.5 Å². The lowest BCUT2D eigenvalue weighted by Gasteiger charge is -2.58. The van der Waals surface area contributed by atoms with Gasteiger partial charge in [0.15, 0.2) is 5.78 Å². The Labute approximate surface area is 196 Å². The molecule has 10 atom stereocenters. The summed E-state index contributed by atoms with van der Waals surface area (Å²) in [5, 5.41) is 22.3. The summed E-state index contributed by atoms with van der Waals surface area (Å²) in [5.74, 6) is 3.68. The van der Waals surface area contributed by atoms with Gasteiger partial charge in [-0.15, -0.1) is 0 Å². The van der Waals surface area contributed by atoms with Crippen LogP contribution in [0.3, 0.4) is 0 Å². The molecule has 4 aliphatic carbocycles. The minimum Gasteiger partial charge on any atom is -0.390 e. The summed E-state index contributed by atoms with van der Waals surface area (Å²) < 4.78 is 0. The van der Waals surface area contributed by atoms with Crippen LogP contribution in [0.5, 0.6) is 0 Å². The number of aliphatic hydroxyl groups excluding tert-OH is 2. The van der Waals surface area contributed by atoms with E-state index >= 15 is 0 Å². The maximum absolute atomic E-state index is 12.1. The van der Waals surface area contributed by atoms with Gasteiger partial charge in [0.05, 0.1) is 12.2 Å². The highest BCUT2D eigenvalue weighted by Gasteiger charge is 2.60. The Balaban J connectivity index is 1.53. The number of hydrogen-bond acceptors (Lipinski definition) is 3. The van der Waals surface area contributed by atoms with Crippen LogP contribution in [0.1, 0.15) is 99.3 Å². The van der Waals surface area contributed by atoms with Crippen LogP contribution in [-0.2, 0) is 4.79 Å².